The number of rotatable bonds is 7. The number of hydrogen-bond acceptors (Lipinski definition) is 7. The summed E-state index contributed by atoms with van der Waals surface area (Å²) in [5.41, 5.74) is 4.08. The van der Waals surface area contributed by atoms with Crippen molar-refractivity contribution in [2.24, 2.45) is 0 Å². The fourth-order valence-corrected chi connectivity index (χ4v) is 4.40. The second-order valence-electron chi connectivity index (χ2n) is 9.27. The first-order chi connectivity index (χ1) is 16.5. The molecule has 0 atom stereocenters. The highest BCUT2D eigenvalue weighted by Gasteiger charge is 2.22. The second kappa shape index (κ2) is 9.42. The first-order valence-electron chi connectivity index (χ1n) is 11.9. The van der Waals surface area contributed by atoms with Crippen LogP contribution in [0.15, 0.2) is 42.9 Å². The van der Waals surface area contributed by atoms with Crippen molar-refractivity contribution in [2.45, 2.75) is 52.2 Å². The Morgan fingerprint density at radius 3 is 2.68 bits per heavy atom. The lowest BCUT2D eigenvalue weighted by molar-refractivity contribution is 0.105. The lowest BCUT2D eigenvalue weighted by atomic mass is 10.1. The summed E-state index contributed by atoms with van der Waals surface area (Å²) in [7, 11) is 2.14. The van der Waals surface area contributed by atoms with Gasteiger partial charge < -0.3 is 19.5 Å². The topological polar surface area (TPSA) is 85.4 Å². The number of imidazole rings is 1. The van der Waals surface area contributed by atoms with E-state index in [4.69, 9.17) is 14.7 Å². The molecule has 1 aliphatic heterocycles. The van der Waals surface area contributed by atoms with Gasteiger partial charge in [0, 0.05) is 37.6 Å². The van der Waals surface area contributed by atoms with Gasteiger partial charge in [-0.15, -0.1) is 0 Å². The van der Waals surface area contributed by atoms with E-state index in [9.17, 15) is 0 Å². The van der Waals surface area contributed by atoms with Gasteiger partial charge in [-0.05, 0) is 44.4 Å². The van der Waals surface area contributed by atoms with Crippen LogP contribution >= 0.6 is 0 Å². The van der Waals surface area contributed by atoms with Crippen LogP contribution in [0, 0.1) is 6.92 Å². The van der Waals surface area contributed by atoms with Crippen LogP contribution in [0.25, 0.3) is 11.3 Å². The van der Waals surface area contributed by atoms with Crippen molar-refractivity contribution in [1.82, 2.24) is 34.0 Å². The molecule has 1 N–H and O–H groups in total. The minimum atomic E-state index is 0.127. The first kappa shape index (κ1) is 22.3. The Hall–Kier alpha value is -3.46. The van der Waals surface area contributed by atoms with Crippen molar-refractivity contribution in [3.8, 4) is 11.7 Å². The number of likely N-dealkylation sites (tertiary alicyclic amines) is 1. The van der Waals surface area contributed by atoms with Crippen LogP contribution in [-0.4, -0.2) is 60.3 Å². The van der Waals surface area contributed by atoms with Crippen molar-refractivity contribution >= 4 is 11.6 Å². The molecule has 0 saturated carbocycles. The van der Waals surface area contributed by atoms with E-state index in [2.05, 4.69) is 57.9 Å². The Bertz CT molecular complexity index is 1270. The highest BCUT2D eigenvalue weighted by Crippen LogP contribution is 2.25. The molecule has 34 heavy (non-hydrogen) atoms. The molecule has 5 rings (SSSR count). The molecular weight excluding hydrogens is 428 g/mol. The molecule has 9 heteroatoms. The van der Waals surface area contributed by atoms with E-state index in [-0.39, 0.29) is 6.10 Å². The number of nitrogens with one attached hydrogen (secondary N) is 1. The van der Waals surface area contributed by atoms with E-state index >= 15 is 0 Å². The molecule has 9 nitrogen and oxygen atoms in total. The van der Waals surface area contributed by atoms with Crippen LogP contribution in [0.4, 0.5) is 5.95 Å². The summed E-state index contributed by atoms with van der Waals surface area (Å²) in [5.74, 6) is 1.86. The molecular formula is C25H32N8O. The molecule has 4 aromatic rings. The highest BCUT2D eigenvalue weighted by molar-refractivity contribution is 5.53. The zero-order valence-corrected chi connectivity index (χ0v) is 20.3. The molecule has 0 radical (unpaired) electrons. The predicted molar refractivity (Wildman–Crippen MR) is 132 cm³/mol. The van der Waals surface area contributed by atoms with Crippen molar-refractivity contribution < 1.29 is 4.74 Å². The number of anilines is 1. The molecule has 1 fully saturated rings. The summed E-state index contributed by atoms with van der Waals surface area (Å²) in [6.07, 6.45) is 7.75. The van der Waals surface area contributed by atoms with Crippen LogP contribution in [0.5, 0.6) is 6.01 Å². The number of para-hydroxylation sites is 1. The van der Waals surface area contributed by atoms with Gasteiger partial charge in [0.25, 0.3) is 0 Å². The quantitative estimate of drug-likeness (QED) is 0.449. The summed E-state index contributed by atoms with van der Waals surface area (Å²) in [6, 6.07) is 8.70. The number of hydrogen-bond donors (Lipinski definition) is 1. The average molecular weight is 461 g/mol. The van der Waals surface area contributed by atoms with Crippen molar-refractivity contribution in [2.75, 3.05) is 25.5 Å². The summed E-state index contributed by atoms with van der Waals surface area (Å²) >= 11 is 0. The predicted octanol–water partition coefficient (Wildman–Crippen LogP) is 3.83. The van der Waals surface area contributed by atoms with E-state index in [0.29, 0.717) is 24.4 Å². The van der Waals surface area contributed by atoms with Gasteiger partial charge in [0.05, 0.1) is 11.9 Å². The molecule has 1 aliphatic rings. The monoisotopic (exact) mass is 460 g/mol. The standard InChI is InChI=1S/C25H32N8O/c1-17(2)21-16-28-33-23(21)29-25(34-20-9-12-31(4)13-10-20)30-24(33)27-15-19-7-5-6-8-22(19)32-14-11-26-18(32)3/h5-8,11,14,16-17,20H,9-10,12-13,15H2,1-4H3,(H,27,29,30). The van der Waals surface area contributed by atoms with Gasteiger partial charge in [-0.3, -0.25) is 0 Å². The second-order valence-corrected chi connectivity index (χ2v) is 9.27. The highest BCUT2D eigenvalue weighted by atomic mass is 16.5. The van der Waals surface area contributed by atoms with Crippen LogP contribution in [-0.2, 0) is 6.54 Å². The van der Waals surface area contributed by atoms with Gasteiger partial charge in [-0.1, -0.05) is 32.0 Å². The number of benzene rings is 1. The van der Waals surface area contributed by atoms with Gasteiger partial charge in [0.1, 0.15) is 11.9 Å². The minimum Gasteiger partial charge on any atom is -0.460 e. The molecule has 1 aromatic carbocycles. The SMILES string of the molecule is Cc1nccn1-c1ccccc1CNc1nc(OC2CCN(C)CC2)nc2c(C(C)C)cnn12. The van der Waals surface area contributed by atoms with Gasteiger partial charge in [0.15, 0.2) is 5.65 Å². The van der Waals surface area contributed by atoms with Crippen molar-refractivity contribution in [3.63, 3.8) is 0 Å². The fourth-order valence-electron chi connectivity index (χ4n) is 4.40. The normalized spacial score (nSPS) is 15.3. The van der Waals surface area contributed by atoms with Gasteiger partial charge in [-0.2, -0.15) is 19.6 Å². The van der Waals surface area contributed by atoms with Crippen LogP contribution < -0.4 is 10.1 Å². The van der Waals surface area contributed by atoms with Crippen molar-refractivity contribution in [3.05, 3.63) is 59.8 Å². The first-order valence-corrected chi connectivity index (χ1v) is 11.9. The smallest absolute Gasteiger partial charge is 0.322 e. The molecule has 4 heterocycles. The van der Waals surface area contributed by atoms with E-state index in [1.165, 1.54) is 0 Å². The molecule has 1 saturated heterocycles. The molecule has 3 aromatic heterocycles. The number of fused-ring (bicyclic) bond motifs is 1. The lowest BCUT2D eigenvalue weighted by Gasteiger charge is -2.28. The maximum absolute atomic E-state index is 6.26. The van der Waals surface area contributed by atoms with E-state index < -0.39 is 0 Å². The van der Waals surface area contributed by atoms with Crippen LogP contribution in [0.2, 0.25) is 0 Å². The maximum Gasteiger partial charge on any atom is 0.322 e. The molecule has 0 amide bonds. The van der Waals surface area contributed by atoms with E-state index in [1.807, 2.05) is 37.6 Å². The molecule has 0 spiro atoms. The Balaban J connectivity index is 1.45. The number of aryl methyl sites for hydroxylation is 1. The molecule has 0 bridgehead atoms. The average Bonchev–Trinajstić information content (AvgIpc) is 3.45. The Labute approximate surface area is 199 Å². The third-order valence-corrected chi connectivity index (χ3v) is 6.45. The third kappa shape index (κ3) is 4.48. The Kier molecular flexibility index (Phi) is 6.19. The minimum absolute atomic E-state index is 0.127. The largest absolute Gasteiger partial charge is 0.460 e. The Morgan fingerprint density at radius 2 is 1.94 bits per heavy atom. The van der Waals surface area contributed by atoms with E-state index in [0.717, 1.165) is 54.2 Å². The number of piperidine rings is 1. The summed E-state index contributed by atoms with van der Waals surface area (Å²) in [5, 5.41) is 8.08. The van der Waals surface area contributed by atoms with Gasteiger partial charge in [-0.25, -0.2) is 4.98 Å². The molecule has 0 aliphatic carbocycles. The third-order valence-electron chi connectivity index (χ3n) is 6.45. The van der Waals surface area contributed by atoms with Crippen molar-refractivity contribution in [1.29, 1.82) is 0 Å². The number of ether oxygens (including phenoxy) is 1. The molecule has 178 valence electrons. The van der Waals surface area contributed by atoms with E-state index in [1.54, 1.807) is 4.52 Å². The van der Waals surface area contributed by atoms with Crippen LogP contribution in [0.1, 0.15) is 49.6 Å². The summed E-state index contributed by atoms with van der Waals surface area (Å²) in [6.45, 7) is 8.91. The lowest BCUT2D eigenvalue weighted by Crippen LogP contribution is -2.36. The van der Waals surface area contributed by atoms with Gasteiger partial charge >= 0.3 is 6.01 Å². The zero-order chi connectivity index (χ0) is 23.7. The fraction of sp³-hybridized carbons (Fsp3) is 0.440. The summed E-state index contributed by atoms with van der Waals surface area (Å²) in [4.78, 5) is 16.2. The number of nitrogens with zero attached hydrogens (tertiary/aromatic N) is 7. The van der Waals surface area contributed by atoms with Crippen LogP contribution in [0.3, 0.4) is 0 Å². The van der Waals surface area contributed by atoms with Gasteiger partial charge in [0.2, 0.25) is 5.95 Å². The Morgan fingerprint density at radius 1 is 1.15 bits per heavy atom. The maximum atomic E-state index is 6.26. The summed E-state index contributed by atoms with van der Waals surface area (Å²) < 4.78 is 10.1. The number of aromatic nitrogens is 6. The zero-order valence-electron chi connectivity index (χ0n) is 20.3. The molecule has 0 unspecified atom stereocenters.